The zero-order valence-corrected chi connectivity index (χ0v) is 16.4. The number of carbonyl (C=O) groups excluding carboxylic acids is 2. The molecule has 2 aromatic carbocycles. The van der Waals surface area contributed by atoms with Crippen molar-refractivity contribution in [1.29, 1.82) is 0 Å². The summed E-state index contributed by atoms with van der Waals surface area (Å²) in [5.41, 5.74) is -2.93. The molecule has 0 radical (unpaired) electrons. The van der Waals surface area contributed by atoms with Gasteiger partial charge in [-0.2, -0.15) is 0 Å². The van der Waals surface area contributed by atoms with Gasteiger partial charge in [0, 0.05) is 21.2 Å². The van der Waals surface area contributed by atoms with Gasteiger partial charge in [-0.05, 0) is 48.5 Å². The highest BCUT2D eigenvalue weighted by Gasteiger charge is 2.71. The van der Waals surface area contributed by atoms with Crippen molar-refractivity contribution < 1.29 is 29.6 Å². The van der Waals surface area contributed by atoms with E-state index in [9.17, 15) is 24.9 Å². The maximum Gasteiger partial charge on any atom is 0.244 e. The molecular weight excluding hydrogens is 431 g/mol. The third-order valence-corrected chi connectivity index (χ3v) is 5.67. The van der Waals surface area contributed by atoms with Crippen LogP contribution in [0.15, 0.2) is 48.5 Å². The summed E-state index contributed by atoms with van der Waals surface area (Å²) in [6, 6.07) is 10.9. The van der Waals surface area contributed by atoms with Crippen molar-refractivity contribution in [3.05, 3.63) is 69.7 Å². The van der Waals surface area contributed by atoms with Crippen molar-refractivity contribution in [2.24, 2.45) is 0 Å². The number of aliphatic hydroxyl groups is 3. The van der Waals surface area contributed by atoms with E-state index in [0.29, 0.717) is 10.0 Å². The van der Waals surface area contributed by atoms with Gasteiger partial charge in [0.25, 0.3) is 0 Å². The molecule has 1 heterocycles. The molecule has 1 fully saturated rings. The number of benzene rings is 2. The highest BCUT2D eigenvalue weighted by molar-refractivity contribution is 6.40. The lowest BCUT2D eigenvalue weighted by Gasteiger charge is -2.34. The van der Waals surface area contributed by atoms with Crippen molar-refractivity contribution in [3.8, 4) is 0 Å². The van der Waals surface area contributed by atoms with E-state index in [-0.39, 0.29) is 11.1 Å². The molecule has 0 aromatic heterocycles. The van der Waals surface area contributed by atoms with Gasteiger partial charge in [0.2, 0.25) is 22.2 Å². The molecule has 0 amide bonds. The second-order valence-corrected chi connectivity index (χ2v) is 7.72. The van der Waals surface area contributed by atoms with Crippen LogP contribution in [0.25, 0.3) is 0 Å². The number of hydrogen-bond acceptors (Lipinski definition) is 6. The van der Waals surface area contributed by atoms with E-state index >= 15 is 0 Å². The molecule has 9 heteroatoms. The highest BCUT2D eigenvalue weighted by Crippen LogP contribution is 2.47. The Balaban J connectivity index is 2.11. The van der Waals surface area contributed by atoms with Crippen molar-refractivity contribution in [3.63, 3.8) is 0 Å². The van der Waals surface area contributed by atoms with Crippen LogP contribution in [0.1, 0.15) is 20.7 Å². The average Bonchev–Trinajstić information content (AvgIpc) is 2.90. The molecule has 2 aromatic rings. The second-order valence-electron chi connectivity index (χ2n) is 6.32. The van der Waals surface area contributed by atoms with Crippen molar-refractivity contribution in [2.75, 3.05) is 6.61 Å². The third-order valence-electron chi connectivity index (χ3n) is 4.62. The standard InChI is InChI=1S/C19H15Cl3O6/c20-12-5-1-10(2-6-12)15(24)18(27)17(26)14(9-23)28-19(18,22)16(25)11-3-7-13(21)8-4-11/h1-8,14,17,23,26-27H,9H2/t14-,17-,18-,19?/m1/s1. The molecule has 0 spiro atoms. The predicted molar refractivity (Wildman–Crippen MR) is 103 cm³/mol. The Kier molecular flexibility index (Phi) is 5.85. The maximum atomic E-state index is 13.1. The second kappa shape index (κ2) is 7.72. The monoisotopic (exact) mass is 444 g/mol. The van der Waals surface area contributed by atoms with Gasteiger partial charge in [-0.3, -0.25) is 9.59 Å². The van der Waals surface area contributed by atoms with Gasteiger partial charge in [-0.25, -0.2) is 0 Å². The van der Waals surface area contributed by atoms with Gasteiger partial charge in [0.1, 0.15) is 12.2 Å². The Morgan fingerprint density at radius 3 is 1.79 bits per heavy atom. The molecule has 1 unspecified atom stereocenters. The first-order valence-corrected chi connectivity index (χ1v) is 9.27. The minimum absolute atomic E-state index is 0.00693. The lowest BCUT2D eigenvalue weighted by atomic mass is 9.80. The van der Waals surface area contributed by atoms with Crippen LogP contribution < -0.4 is 0 Å². The Labute approximate surface area is 175 Å². The molecule has 0 saturated carbocycles. The van der Waals surface area contributed by atoms with Crippen molar-refractivity contribution in [1.82, 2.24) is 0 Å². The zero-order chi connectivity index (χ0) is 20.7. The molecule has 6 nitrogen and oxygen atoms in total. The fourth-order valence-electron chi connectivity index (χ4n) is 3.07. The summed E-state index contributed by atoms with van der Waals surface area (Å²) >= 11 is 18.0. The number of alkyl halides is 1. The van der Waals surface area contributed by atoms with E-state index in [2.05, 4.69) is 0 Å². The summed E-state index contributed by atoms with van der Waals surface area (Å²) < 4.78 is 5.32. The average molecular weight is 446 g/mol. The van der Waals surface area contributed by atoms with Crippen molar-refractivity contribution >= 4 is 46.4 Å². The molecule has 148 valence electrons. The fourth-order valence-corrected chi connectivity index (χ4v) is 3.75. The molecule has 1 saturated heterocycles. The van der Waals surface area contributed by atoms with E-state index in [0.717, 1.165) is 0 Å². The summed E-state index contributed by atoms with van der Waals surface area (Å²) in [5, 5.41) is 29.2. The molecule has 0 aliphatic carbocycles. The quantitative estimate of drug-likeness (QED) is 0.482. The summed E-state index contributed by atoms with van der Waals surface area (Å²) in [6.45, 7) is -0.778. The van der Waals surface area contributed by atoms with Gasteiger partial charge in [0.15, 0.2) is 0 Å². The molecule has 0 bridgehead atoms. The molecule has 3 rings (SSSR count). The number of rotatable bonds is 5. The Bertz CT molecular complexity index is 901. The molecule has 1 aliphatic heterocycles. The first-order valence-electron chi connectivity index (χ1n) is 8.14. The molecule has 4 atom stereocenters. The number of aliphatic hydroxyl groups excluding tert-OH is 2. The predicted octanol–water partition coefficient (Wildman–Crippen LogP) is 2.48. The normalized spacial score (nSPS) is 29.6. The number of hydrogen-bond donors (Lipinski definition) is 3. The molecule has 1 aliphatic rings. The van der Waals surface area contributed by atoms with E-state index in [1.165, 1.54) is 48.5 Å². The van der Waals surface area contributed by atoms with Crippen LogP contribution in [0, 0.1) is 0 Å². The summed E-state index contributed by atoms with van der Waals surface area (Å²) in [6.07, 6.45) is -3.43. The SMILES string of the molecule is O=C(c1ccc(Cl)cc1)C1(Cl)O[C@H](CO)[C@@H](O)[C@]1(O)C(=O)c1ccc(Cl)cc1. The van der Waals surface area contributed by atoms with Gasteiger partial charge in [-0.1, -0.05) is 34.8 Å². The van der Waals surface area contributed by atoms with Gasteiger partial charge in [0.05, 0.1) is 6.61 Å². The van der Waals surface area contributed by atoms with Crippen LogP contribution in [0.3, 0.4) is 0 Å². The number of carbonyl (C=O) groups is 2. The van der Waals surface area contributed by atoms with Crippen LogP contribution in [0.2, 0.25) is 10.0 Å². The number of Topliss-reactive ketones (excluding diaryl/α,β-unsaturated/α-hetero) is 2. The minimum atomic E-state index is -2.87. The first kappa shape index (κ1) is 21.2. The Morgan fingerprint density at radius 2 is 1.36 bits per heavy atom. The molecule has 3 N–H and O–H groups in total. The van der Waals surface area contributed by atoms with Crippen LogP contribution in [0.4, 0.5) is 0 Å². The lowest BCUT2D eigenvalue weighted by Crippen LogP contribution is -2.62. The largest absolute Gasteiger partial charge is 0.394 e. The zero-order valence-electron chi connectivity index (χ0n) is 14.2. The highest BCUT2D eigenvalue weighted by atomic mass is 35.5. The van der Waals surface area contributed by atoms with E-state index in [4.69, 9.17) is 39.5 Å². The van der Waals surface area contributed by atoms with Crippen molar-refractivity contribution in [2.45, 2.75) is 22.9 Å². The van der Waals surface area contributed by atoms with Gasteiger partial charge < -0.3 is 20.1 Å². The smallest absolute Gasteiger partial charge is 0.244 e. The van der Waals surface area contributed by atoms with Crippen LogP contribution in [-0.4, -0.2) is 56.4 Å². The molecule has 28 heavy (non-hydrogen) atoms. The minimum Gasteiger partial charge on any atom is -0.394 e. The van der Waals surface area contributed by atoms with E-state index < -0.39 is 41.0 Å². The van der Waals surface area contributed by atoms with Gasteiger partial charge in [-0.15, -0.1) is 0 Å². The van der Waals surface area contributed by atoms with Crippen LogP contribution in [-0.2, 0) is 4.74 Å². The number of ketones is 2. The lowest BCUT2D eigenvalue weighted by molar-refractivity contribution is -0.0573. The van der Waals surface area contributed by atoms with Gasteiger partial charge >= 0.3 is 0 Å². The summed E-state index contributed by atoms with van der Waals surface area (Å²) in [4.78, 5) is 26.2. The van der Waals surface area contributed by atoms with E-state index in [1.807, 2.05) is 0 Å². The van der Waals surface area contributed by atoms with E-state index in [1.54, 1.807) is 0 Å². The molecular formula is C19H15Cl3O6. The Morgan fingerprint density at radius 1 is 0.929 bits per heavy atom. The summed E-state index contributed by atoms with van der Waals surface area (Å²) in [7, 11) is 0. The van der Waals surface area contributed by atoms with Crippen LogP contribution >= 0.6 is 34.8 Å². The number of halogens is 3. The third kappa shape index (κ3) is 3.25. The Hall–Kier alpha value is -1.51. The first-order chi connectivity index (χ1) is 13.1. The summed E-state index contributed by atoms with van der Waals surface area (Å²) in [5.74, 6) is -2.02. The van der Waals surface area contributed by atoms with Crippen LogP contribution in [0.5, 0.6) is 0 Å². The maximum absolute atomic E-state index is 13.1. The number of ether oxygens (including phenoxy) is 1. The fraction of sp³-hybridized carbons (Fsp3) is 0.263. The topological polar surface area (TPSA) is 104 Å².